The summed E-state index contributed by atoms with van der Waals surface area (Å²) in [4.78, 5) is 63.8. The largest absolute Gasteiger partial charge is 0.256 e. The van der Waals surface area contributed by atoms with E-state index in [1.54, 1.807) is 0 Å². The smallest absolute Gasteiger partial charge is 0.164 e. The van der Waals surface area contributed by atoms with Gasteiger partial charge >= 0.3 is 0 Å². The lowest BCUT2D eigenvalue weighted by atomic mass is 9.93. The third kappa shape index (κ3) is 21.1. The van der Waals surface area contributed by atoms with Gasteiger partial charge in [-0.3, -0.25) is 19.9 Å². The maximum Gasteiger partial charge on any atom is 0.164 e. The molecule has 7 heterocycles. The van der Waals surface area contributed by atoms with Gasteiger partial charge in [-0.15, -0.1) is 0 Å². The molecule has 13 nitrogen and oxygen atoms in total. The van der Waals surface area contributed by atoms with E-state index in [0.29, 0.717) is 52.4 Å². The predicted octanol–water partition coefficient (Wildman–Crippen LogP) is 32.2. The fraction of sp³-hybridized carbons (Fsp3) is 0. The van der Waals surface area contributed by atoms with E-state index in [-0.39, 0.29) is 0 Å². The van der Waals surface area contributed by atoms with Crippen LogP contribution >= 0.6 is 0 Å². The van der Waals surface area contributed by atoms with Gasteiger partial charge in [-0.05, 0) is 169 Å². The van der Waals surface area contributed by atoms with Gasteiger partial charge in [0.05, 0.1) is 22.8 Å². The van der Waals surface area contributed by atoms with Crippen LogP contribution in [0.2, 0.25) is 0 Å². The Labute approximate surface area is 836 Å². The molecule has 0 aliphatic rings. The molecule has 0 atom stereocenters. The van der Waals surface area contributed by atoms with Crippen molar-refractivity contribution in [2.45, 2.75) is 0 Å². The molecule has 0 saturated heterocycles. The van der Waals surface area contributed by atoms with Crippen molar-refractivity contribution in [1.29, 1.82) is 0 Å². The summed E-state index contributed by atoms with van der Waals surface area (Å²) in [6.07, 6.45) is 7.49. The summed E-state index contributed by atoms with van der Waals surface area (Å²) in [6, 6.07) is 176. The summed E-state index contributed by atoms with van der Waals surface area (Å²) in [6.45, 7) is 0. The molecule has 24 aromatic rings. The van der Waals surface area contributed by atoms with Crippen molar-refractivity contribution >= 4 is 0 Å². The average molecular weight is 1850 g/mol. The highest BCUT2D eigenvalue weighted by molar-refractivity contribution is 5.87. The summed E-state index contributed by atoms with van der Waals surface area (Å²) in [5.41, 5.74) is 33.8. The van der Waals surface area contributed by atoms with Crippen LogP contribution in [-0.4, -0.2) is 64.8 Å². The summed E-state index contributed by atoms with van der Waals surface area (Å²) in [5, 5.41) is 0. The molecule has 0 N–H and O–H groups in total. The molecule has 0 amide bonds. The molecule has 13 heteroatoms. The number of pyridine rings is 4. The van der Waals surface area contributed by atoms with Crippen molar-refractivity contribution in [2.75, 3.05) is 0 Å². The summed E-state index contributed by atoms with van der Waals surface area (Å²) < 4.78 is 0. The minimum Gasteiger partial charge on any atom is -0.256 e. The molecule has 17 aromatic carbocycles. The van der Waals surface area contributed by atoms with Crippen LogP contribution in [-0.2, 0) is 0 Å². The highest BCUT2D eigenvalue weighted by Crippen LogP contribution is 2.41. The van der Waals surface area contributed by atoms with E-state index in [9.17, 15) is 0 Å². The second kappa shape index (κ2) is 42.5. The zero-order chi connectivity index (χ0) is 96.4. The molecule has 0 saturated carbocycles. The molecule has 7 aromatic heterocycles. The van der Waals surface area contributed by atoms with Crippen molar-refractivity contribution in [3.63, 3.8) is 0 Å². The molecule has 678 valence electrons. The van der Waals surface area contributed by atoms with Gasteiger partial charge < -0.3 is 0 Å². The molecular weight excluding hydrogens is 1760 g/mol. The zero-order valence-corrected chi connectivity index (χ0v) is 78.2. The van der Waals surface area contributed by atoms with Crippen LogP contribution in [0.15, 0.2) is 540 Å². The fourth-order valence-corrected chi connectivity index (χ4v) is 17.5. The third-order valence-corrected chi connectivity index (χ3v) is 25.0. The number of nitrogens with zero attached hydrogens (tertiary/aromatic N) is 13. The maximum absolute atomic E-state index is 5.05. The Morgan fingerprint density at radius 1 is 0.0903 bits per heavy atom. The summed E-state index contributed by atoms with van der Waals surface area (Å²) >= 11 is 0. The third-order valence-electron chi connectivity index (χ3n) is 25.0. The van der Waals surface area contributed by atoms with E-state index in [4.69, 9.17) is 54.8 Å². The minimum atomic E-state index is 0.576. The van der Waals surface area contributed by atoms with E-state index in [2.05, 4.69) is 259 Å². The number of hydrogen-bond donors (Lipinski definition) is 0. The van der Waals surface area contributed by atoms with Crippen LogP contribution in [0.1, 0.15) is 0 Å². The van der Waals surface area contributed by atoms with Crippen LogP contribution in [0, 0.1) is 0 Å². The fourth-order valence-electron chi connectivity index (χ4n) is 17.5. The first kappa shape index (κ1) is 89.6. The van der Waals surface area contributed by atoms with E-state index in [0.717, 1.165) is 162 Å². The second-order valence-electron chi connectivity index (χ2n) is 34.6. The van der Waals surface area contributed by atoms with Crippen molar-refractivity contribution in [2.24, 2.45) is 0 Å². The molecule has 0 unspecified atom stereocenters. The lowest BCUT2D eigenvalue weighted by Gasteiger charge is -2.13. The van der Waals surface area contributed by atoms with Crippen molar-refractivity contribution in [3.8, 4) is 237 Å². The van der Waals surface area contributed by atoms with Crippen LogP contribution in [0.4, 0.5) is 0 Å². The molecule has 144 heavy (non-hydrogen) atoms. The Morgan fingerprint density at radius 2 is 0.243 bits per heavy atom. The Bertz CT molecular complexity index is 7190. The number of rotatable bonds is 21. The van der Waals surface area contributed by atoms with E-state index < -0.39 is 0 Å². The van der Waals surface area contributed by atoms with Gasteiger partial charge in [0.1, 0.15) is 0 Å². The quantitative estimate of drug-likeness (QED) is 0.0667. The van der Waals surface area contributed by atoms with Gasteiger partial charge in [0.25, 0.3) is 0 Å². The second-order valence-corrected chi connectivity index (χ2v) is 34.6. The Balaban J connectivity index is 0.000000123. The first-order valence-electron chi connectivity index (χ1n) is 47.8. The Hall–Kier alpha value is -19.6. The van der Waals surface area contributed by atoms with Gasteiger partial charge in [-0.25, -0.2) is 44.9 Å². The normalized spacial score (nSPS) is 10.9. The van der Waals surface area contributed by atoms with Crippen molar-refractivity contribution in [3.05, 3.63) is 540 Å². The van der Waals surface area contributed by atoms with Gasteiger partial charge in [-0.2, -0.15) is 0 Å². The van der Waals surface area contributed by atoms with Gasteiger partial charge in [0, 0.05) is 108 Å². The highest BCUT2D eigenvalue weighted by Gasteiger charge is 2.22. The van der Waals surface area contributed by atoms with E-state index >= 15 is 0 Å². The van der Waals surface area contributed by atoms with E-state index in [1.807, 2.05) is 292 Å². The van der Waals surface area contributed by atoms with Crippen molar-refractivity contribution < 1.29 is 0 Å². The van der Waals surface area contributed by atoms with Gasteiger partial charge in [0.15, 0.2) is 52.4 Å². The first-order valence-corrected chi connectivity index (χ1v) is 47.8. The van der Waals surface area contributed by atoms with E-state index in [1.165, 1.54) is 22.3 Å². The molecule has 0 fully saturated rings. The highest BCUT2D eigenvalue weighted by atomic mass is 15.1. The molecule has 0 bridgehead atoms. The monoisotopic (exact) mass is 1840 g/mol. The minimum absolute atomic E-state index is 0.576. The van der Waals surface area contributed by atoms with Crippen LogP contribution in [0.5, 0.6) is 0 Å². The first-order chi connectivity index (χ1) is 71.3. The topological polar surface area (TPSA) is 168 Å². The average Bonchev–Trinajstić information content (AvgIpc) is 0.786. The molecule has 0 aliphatic heterocycles. The van der Waals surface area contributed by atoms with Crippen LogP contribution in [0.25, 0.3) is 237 Å². The molecular formula is C131H89N13. The molecule has 24 rings (SSSR count). The predicted molar refractivity (Wildman–Crippen MR) is 585 cm³/mol. The number of hydrogen-bond acceptors (Lipinski definition) is 13. The molecule has 0 radical (unpaired) electrons. The van der Waals surface area contributed by atoms with Gasteiger partial charge in [0.2, 0.25) is 0 Å². The van der Waals surface area contributed by atoms with Crippen molar-refractivity contribution in [1.82, 2.24) is 64.8 Å². The van der Waals surface area contributed by atoms with Crippen LogP contribution in [0.3, 0.4) is 0 Å². The molecule has 0 aliphatic carbocycles. The summed E-state index contributed by atoms with van der Waals surface area (Å²) in [5.74, 6) is 5.60. The van der Waals surface area contributed by atoms with Crippen LogP contribution < -0.4 is 0 Å². The number of benzene rings is 17. The molecule has 0 spiro atoms. The Kier molecular flexibility index (Phi) is 26.5. The SMILES string of the molecule is c1ccc(-c2ccc(-c3cc(-c4ccc(-c5ccccc5)cc4)cc(-c4nc(-c5ccccc5)nc(-c5ccccc5)n4)c3)cc2)cc1.c1ccc(-c2ccc(-c3cc(-c4ccc(-c5ccccc5)cn4)cc(-c4nc(-c5ccccc5)nc(-c5ccccc5)n4)c3)nc2)cc1.c1ccc(-c2nc(-c3ccccc3)nc(-c3cc(-c4ccc(-c5ccccn5)cc4)cc(-c4ccc(-c5ccccn5)cc4)c3)n2)cc1. The Morgan fingerprint density at radius 3 is 0.451 bits per heavy atom. The maximum atomic E-state index is 5.05. The summed E-state index contributed by atoms with van der Waals surface area (Å²) in [7, 11) is 0. The zero-order valence-electron chi connectivity index (χ0n) is 78.2. The van der Waals surface area contributed by atoms with Gasteiger partial charge in [-0.1, -0.05) is 425 Å². The lowest BCUT2D eigenvalue weighted by molar-refractivity contribution is 1.07. The number of aromatic nitrogens is 13. The lowest BCUT2D eigenvalue weighted by Crippen LogP contribution is -2.00. The standard InChI is InChI=1S/C45H31N3.2C43H29N5/c1-5-13-32(14-6-1)34-21-25-36(26-22-34)40-29-41(37-27-23-35(24-28-37)33-15-7-2-8-16-33)31-42(30-40)45-47-43(38-17-9-3-10-18-38)46-44(48-45)39-19-11-4-12-20-39;1-5-13-30(14-6-1)34-21-23-39(44-28-34)36-25-37(40-24-22-35(29-45-40)31-15-7-2-8-16-31)27-38(26-36)43-47-41(32-17-9-3-10-18-32)46-42(48-43)33-19-11-4-12-20-33;1-3-11-34(12-4-1)41-46-42(35-13-5-2-6-14-35)48-43(47-41)38-28-36(30-17-21-32(22-18-30)39-15-7-9-25-44-39)27-37(29-38)31-19-23-33(24-20-31)40-16-8-10-26-45-40/h1-31H;2*1-29H.